The molecule has 1 heterocycles. The van der Waals surface area contributed by atoms with E-state index in [9.17, 15) is 9.59 Å². The molecule has 3 aliphatic carbocycles. The van der Waals surface area contributed by atoms with Gasteiger partial charge in [-0.15, -0.1) is 0 Å². The van der Waals surface area contributed by atoms with Crippen molar-refractivity contribution >= 4 is 23.4 Å². The smallest absolute Gasteiger partial charge is 0.331 e. The molecular formula is C25H35ClO4. The number of halogens is 1. The molecule has 2 fully saturated rings. The van der Waals surface area contributed by atoms with Crippen LogP contribution in [0.2, 0.25) is 0 Å². The van der Waals surface area contributed by atoms with E-state index in [4.69, 9.17) is 21.1 Å². The van der Waals surface area contributed by atoms with Crippen LogP contribution in [0.4, 0.5) is 0 Å². The second-order valence-electron chi connectivity index (χ2n) is 10.3. The van der Waals surface area contributed by atoms with Crippen molar-refractivity contribution in [3.05, 3.63) is 22.8 Å². The number of esters is 1. The number of hydrogen-bond donors (Lipinski definition) is 0. The third kappa shape index (κ3) is 3.04. The lowest BCUT2D eigenvalue weighted by atomic mass is 9.49. The second kappa shape index (κ2) is 7.78. The molecule has 4 nitrogen and oxygen atoms in total. The van der Waals surface area contributed by atoms with Crippen molar-refractivity contribution in [2.45, 2.75) is 78.2 Å². The number of ketones is 1. The third-order valence-corrected chi connectivity index (χ3v) is 9.25. The SMILES string of the molecule is CCCCCO[C@]1(C(C)=O)CC[C@H]2[C@@H]3C=C(Cl)C4=CC(=O)OC[C@]4(C)[C@H]3CC[C@@]21C. The number of allylic oxidation sites excluding steroid dienone is 2. The van der Waals surface area contributed by atoms with Crippen molar-refractivity contribution in [1.29, 1.82) is 0 Å². The minimum absolute atomic E-state index is 0.173. The lowest BCUT2D eigenvalue weighted by molar-refractivity contribution is -0.174. The first-order valence-corrected chi connectivity index (χ1v) is 12.0. The molecule has 4 rings (SSSR count). The van der Waals surface area contributed by atoms with Crippen LogP contribution in [0.25, 0.3) is 0 Å². The maximum Gasteiger partial charge on any atom is 0.331 e. The summed E-state index contributed by atoms with van der Waals surface area (Å²) in [5.74, 6) is 0.851. The predicted molar refractivity (Wildman–Crippen MR) is 117 cm³/mol. The molecular weight excluding hydrogens is 400 g/mol. The first-order chi connectivity index (χ1) is 14.2. The number of fused-ring (bicyclic) bond motifs is 5. The number of carbonyl (C=O) groups excluding carboxylic acids is 2. The Hall–Kier alpha value is -1.13. The van der Waals surface area contributed by atoms with E-state index in [1.54, 1.807) is 13.0 Å². The first kappa shape index (κ1) is 22.1. The number of cyclic esters (lactones) is 1. The number of hydrogen-bond acceptors (Lipinski definition) is 4. The van der Waals surface area contributed by atoms with Crippen molar-refractivity contribution in [1.82, 2.24) is 0 Å². The fourth-order valence-corrected chi connectivity index (χ4v) is 7.63. The van der Waals surface area contributed by atoms with Crippen LogP contribution in [0.1, 0.15) is 72.6 Å². The zero-order chi connectivity index (χ0) is 21.7. The van der Waals surface area contributed by atoms with Crippen LogP contribution in [0, 0.1) is 28.6 Å². The van der Waals surface area contributed by atoms with E-state index in [1.807, 2.05) is 0 Å². The predicted octanol–water partition coefficient (Wildman–Crippen LogP) is 5.59. The van der Waals surface area contributed by atoms with Crippen LogP contribution < -0.4 is 0 Å². The van der Waals surface area contributed by atoms with Gasteiger partial charge in [0.1, 0.15) is 12.2 Å². The summed E-state index contributed by atoms with van der Waals surface area (Å²) in [6, 6.07) is 0. The van der Waals surface area contributed by atoms with E-state index >= 15 is 0 Å². The average molecular weight is 435 g/mol. The first-order valence-electron chi connectivity index (χ1n) is 11.6. The minimum atomic E-state index is -0.688. The molecule has 0 N–H and O–H groups in total. The molecule has 0 aromatic rings. The van der Waals surface area contributed by atoms with Crippen molar-refractivity contribution in [3.8, 4) is 0 Å². The van der Waals surface area contributed by atoms with Gasteiger partial charge in [-0.25, -0.2) is 4.79 Å². The van der Waals surface area contributed by atoms with Gasteiger partial charge in [0.15, 0.2) is 5.78 Å². The molecule has 1 aliphatic heterocycles. The zero-order valence-electron chi connectivity index (χ0n) is 18.8. The van der Waals surface area contributed by atoms with Gasteiger partial charge >= 0.3 is 5.97 Å². The van der Waals surface area contributed by atoms with E-state index < -0.39 is 5.60 Å². The van der Waals surface area contributed by atoms with Crippen LogP contribution in [-0.2, 0) is 19.1 Å². The highest BCUT2D eigenvalue weighted by Gasteiger charge is 2.66. The molecule has 0 aromatic heterocycles. The maximum absolute atomic E-state index is 13.0. The number of Topliss-reactive ketones (excluding diaryl/α,β-unsaturated/α-hetero) is 1. The highest BCUT2D eigenvalue weighted by molar-refractivity contribution is 6.32. The molecule has 0 radical (unpaired) electrons. The monoisotopic (exact) mass is 434 g/mol. The van der Waals surface area contributed by atoms with Gasteiger partial charge < -0.3 is 9.47 Å². The number of unbranched alkanes of at least 4 members (excludes halogenated alkanes) is 2. The van der Waals surface area contributed by atoms with Crippen LogP contribution in [0.15, 0.2) is 22.8 Å². The fourth-order valence-electron chi connectivity index (χ4n) is 7.22. The highest BCUT2D eigenvalue weighted by atomic mass is 35.5. The summed E-state index contributed by atoms with van der Waals surface area (Å²) in [4.78, 5) is 24.9. The molecule has 2 saturated carbocycles. The van der Waals surface area contributed by atoms with Crippen LogP contribution >= 0.6 is 11.6 Å². The Labute approximate surface area is 185 Å². The summed E-state index contributed by atoms with van der Waals surface area (Å²) in [6.07, 6.45) is 10.7. The van der Waals surface area contributed by atoms with Gasteiger partial charge in [-0.05, 0) is 62.4 Å². The molecule has 0 aromatic carbocycles. The summed E-state index contributed by atoms with van der Waals surface area (Å²) >= 11 is 6.74. The molecule has 5 heteroatoms. The average Bonchev–Trinajstić information content (AvgIpc) is 3.00. The quantitative estimate of drug-likeness (QED) is 0.404. The molecule has 166 valence electrons. The van der Waals surface area contributed by atoms with E-state index in [2.05, 4.69) is 26.8 Å². The van der Waals surface area contributed by atoms with Crippen LogP contribution in [0.3, 0.4) is 0 Å². The molecule has 0 amide bonds. The highest BCUT2D eigenvalue weighted by Crippen LogP contribution is 2.67. The number of carbonyl (C=O) groups is 2. The molecule has 0 unspecified atom stereocenters. The Morgan fingerprint density at radius 1 is 1.23 bits per heavy atom. The molecule has 0 bridgehead atoms. The summed E-state index contributed by atoms with van der Waals surface area (Å²) in [6.45, 7) is 9.40. The normalized spacial score (nSPS) is 42.4. The maximum atomic E-state index is 13.0. The third-order valence-electron chi connectivity index (χ3n) is 8.92. The van der Waals surface area contributed by atoms with E-state index in [0.29, 0.717) is 30.1 Å². The number of rotatable bonds is 6. The van der Waals surface area contributed by atoms with E-state index in [-0.39, 0.29) is 28.5 Å². The van der Waals surface area contributed by atoms with Gasteiger partial charge in [-0.2, -0.15) is 0 Å². The van der Waals surface area contributed by atoms with Gasteiger partial charge in [0, 0.05) is 28.5 Å². The molecule has 0 saturated heterocycles. The zero-order valence-corrected chi connectivity index (χ0v) is 19.5. The Bertz CT molecular complexity index is 801. The van der Waals surface area contributed by atoms with Crippen molar-refractivity contribution < 1.29 is 19.1 Å². The van der Waals surface area contributed by atoms with Gasteiger partial charge in [0.25, 0.3) is 0 Å². The Balaban J connectivity index is 1.68. The van der Waals surface area contributed by atoms with Crippen molar-refractivity contribution in [2.75, 3.05) is 13.2 Å². The fraction of sp³-hybridized carbons (Fsp3) is 0.760. The standard InChI is InChI=1S/C25H35ClO4/c1-5-6-7-12-30-25(16(2)27)11-9-19-17-13-21(26)20-14-22(28)29-15-23(20,3)18(17)8-10-24(19,25)4/h13-14,17-19H,5-12,15H2,1-4H3/t17-,18+,19+,23-,24+,25+/m1/s1. The Morgan fingerprint density at radius 2 is 1.97 bits per heavy atom. The summed E-state index contributed by atoms with van der Waals surface area (Å²) in [5.41, 5.74) is -0.206. The van der Waals surface area contributed by atoms with Gasteiger partial charge in [0.2, 0.25) is 0 Å². The molecule has 6 atom stereocenters. The molecule has 30 heavy (non-hydrogen) atoms. The topological polar surface area (TPSA) is 52.6 Å². The lowest BCUT2D eigenvalue weighted by Gasteiger charge is -2.57. The van der Waals surface area contributed by atoms with E-state index in [1.165, 1.54) is 0 Å². The molecule has 0 spiro atoms. The van der Waals surface area contributed by atoms with E-state index in [0.717, 1.165) is 50.5 Å². The minimum Gasteiger partial charge on any atom is -0.462 e. The number of ether oxygens (including phenoxy) is 2. The lowest BCUT2D eigenvalue weighted by Crippen LogP contribution is -2.58. The van der Waals surface area contributed by atoms with Crippen LogP contribution in [0.5, 0.6) is 0 Å². The summed E-state index contributed by atoms with van der Waals surface area (Å²) in [7, 11) is 0. The van der Waals surface area contributed by atoms with Gasteiger partial charge in [-0.1, -0.05) is 51.3 Å². The van der Waals surface area contributed by atoms with Gasteiger partial charge in [-0.3, -0.25) is 4.79 Å². The summed E-state index contributed by atoms with van der Waals surface area (Å²) in [5, 5.41) is 0.684. The largest absolute Gasteiger partial charge is 0.462 e. The Morgan fingerprint density at radius 3 is 2.67 bits per heavy atom. The van der Waals surface area contributed by atoms with Crippen LogP contribution in [-0.4, -0.2) is 30.6 Å². The Kier molecular flexibility index (Phi) is 5.72. The summed E-state index contributed by atoms with van der Waals surface area (Å²) < 4.78 is 12.0. The second-order valence-corrected chi connectivity index (χ2v) is 10.7. The van der Waals surface area contributed by atoms with Gasteiger partial charge in [0.05, 0.1) is 0 Å². The van der Waals surface area contributed by atoms with Crippen molar-refractivity contribution in [2.24, 2.45) is 28.6 Å². The van der Waals surface area contributed by atoms with Crippen molar-refractivity contribution in [3.63, 3.8) is 0 Å². The molecule has 4 aliphatic rings.